The second kappa shape index (κ2) is 11.2. The highest BCUT2D eigenvalue weighted by molar-refractivity contribution is 14.0. The average Bonchev–Trinajstić information content (AvgIpc) is 3.10. The highest BCUT2D eigenvalue weighted by Gasteiger charge is 2.42. The fraction of sp³-hybridized carbons (Fsp3) is 0.579. The van der Waals surface area contributed by atoms with Crippen molar-refractivity contribution in [2.75, 3.05) is 34.2 Å². The summed E-state index contributed by atoms with van der Waals surface area (Å²) in [6, 6.07) is 4.94. The van der Waals surface area contributed by atoms with Crippen LogP contribution in [0.3, 0.4) is 0 Å². The molecule has 5 nitrogen and oxygen atoms in total. The van der Waals surface area contributed by atoms with Crippen LogP contribution in [-0.2, 0) is 11.2 Å². The van der Waals surface area contributed by atoms with Gasteiger partial charge in [-0.05, 0) is 43.0 Å². The van der Waals surface area contributed by atoms with Crippen LogP contribution < -0.4 is 10.6 Å². The number of aliphatic imine (C=N–C) groups is 1. The first-order valence-electron chi connectivity index (χ1n) is 8.98. The molecule has 0 atom stereocenters. The van der Waals surface area contributed by atoms with Gasteiger partial charge in [0.25, 0.3) is 0 Å². The lowest BCUT2D eigenvalue weighted by molar-refractivity contribution is -0.138. The van der Waals surface area contributed by atoms with E-state index in [1.807, 2.05) is 14.1 Å². The molecular weight excluding hydrogens is 526 g/mol. The van der Waals surface area contributed by atoms with Gasteiger partial charge in [-0.1, -0.05) is 28.8 Å². The van der Waals surface area contributed by atoms with E-state index in [0.717, 1.165) is 30.2 Å². The summed E-state index contributed by atoms with van der Waals surface area (Å²) < 4.78 is 14.7. The molecule has 2 N–H and O–H groups in total. The number of guanidine groups is 1. The zero-order valence-corrected chi connectivity index (χ0v) is 20.1. The van der Waals surface area contributed by atoms with Crippen molar-refractivity contribution in [1.82, 2.24) is 15.5 Å². The van der Waals surface area contributed by atoms with E-state index >= 15 is 0 Å². The van der Waals surface area contributed by atoms with Crippen molar-refractivity contribution in [1.29, 1.82) is 0 Å². The van der Waals surface area contributed by atoms with Gasteiger partial charge in [-0.15, -0.1) is 24.0 Å². The molecule has 0 bridgehead atoms. The summed E-state index contributed by atoms with van der Waals surface area (Å²) in [7, 11) is 5.31. The van der Waals surface area contributed by atoms with Gasteiger partial charge in [0.05, 0.1) is 5.41 Å². The van der Waals surface area contributed by atoms with Crippen molar-refractivity contribution < 1.29 is 9.18 Å². The van der Waals surface area contributed by atoms with Crippen LogP contribution in [0.1, 0.15) is 31.2 Å². The van der Waals surface area contributed by atoms with Gasteiger partial charge in [-0.25, -0.2) is 4.39 Å². The summed E-state index contributed by atoms with van der Waals surface area (Å²) in [5.74, 6) is 0.604. The number of hydrogen-bond donors (Lipinski definition) is 2. The summed E-state index contributed by atoms with van der Waals surface area (Å²) in [6.07, 6.45) is 4.51. The predicted molar refractivity (Wildman–Crippen MR) is 122 cm³/mol. The fourth-order valence-corrected chi connectivity index (χ4v) is 3.92. The molecule has 1 aromatic carbocycles. The normalized spacial score (nSPS) is 15.8. The Balaban J connectivity index is 0.00000364. The molecule has 0 unspecified atom stereocenters. The number of amides is 1. The SMILES string of the molecule is CN=C(NCCc1cc(Br)ccc1F)NCC1(C(=O)N(C)C)CCCC1.I. The summed E-state index contributed by atoms with van der Waals surface area (Å²) in [4.78, 5) is 18.5. The number of carbonyl (C=O) groups excluding carboxylic acids is 1. The third-order valence-corrected chi connectivity index (χ3v) is 5.43. The van der Waals surface area contributed by atoms with Crippen LogP contribution >= 0.6 is 39.9 Å². The van der Waals surface area contributed by atoms with E-state index in [2.05, 4.69) is 31.6 Å². The van der Waals surface area contributed by atoms with Gasteiger partial charge in [-0.3, -0.25) is 9.79 Å². The molecule has 2 rings (SSSR count). The maximum absolute atomic E-state index is 13.8. The fourth-order valence-electron chi connectivity index (χ4n) is 3.52. The first kappa shape index (κ1) is 24.1. The van der Waals surface area contributed by atoms with Crippen LogP contribution in [0.4, 0.5) is 4.39 Å². The number of benzene rings is 1. The van der Waals surface area contributed by atoms with Gasteiger partial charge < -0.3 is 15.5 Å². The number of rotatable bonds is 6. The highest BCUT2D eigenvalue weighted by atomic mass is 127. The van der Waals surface area contributed by atoms with Gasteiger partial charge in [0.1, 0.15) is 5.82 Å². The smallest absolute Gasteiger partial charge is 0.230 e. The Morgan fingerprint density at radius 3 is 2.56 bits per heavy atom. The van der Waals surface area contributed by atoms with Crippen LogP contribution in [0.2, 0.25) is 0 Å². The summed E-state index contributed by atoms with van der Waals surface area (Å²) >= 11 is 3.37. The number of hydrogen-bond acceptors (Lipinski definition) is 2. The number of carbonyl (C=O) groups is 1. The van der Waals surface area contributed by atoms with E-state index in [-0.39, 0.29) is 41.1 Å². The van der Waals surface area contributed by atoms with Crippen LogP contribution in [0.25, 0.3) is 0 Å². The molecule has 1 aromatic rings. The molecule has 0 spiro atoms. The van der Waals surface area contributed by atoms with Gasteiger partial charge in [0, 0.05) is 38.7 Å². The first-order chi connectivity index (χ1) is 12.4. The zero-order chi connectivity index (χ0) is 19.2. The van der Waals surface area contributed by atoms with Crippen molar-refractivity contribution in [3.05, 3.63) is 34.1 Å². The zero-order valence-electron chi connectivity index (χ0n) is 16.1. The van der Waals surface area contributed by atoms with E-state index in [1.165, 1.54) is 6.07 Å². The minimum absolute atomic E-state index is 0. The lowest BCUT2D eigenvalue weighted by atomic mass is 9.84. The Morgan fingerprint density at radius 2 is 1.96 bits per heavy atom. The van der Waals surface area contributed by atoms with Gasteiger partial charge >= 0.3 is 0 Å². The van der Waals surface area contributed by atoms with E-state index in [0.29, 0.717) is 31.0 Å². The Labute approximate surface area is 186 Å². The predicted octanol–water partition coefficient (Wildman–Crippen LogP) is 3.56. The second-order valence-corrected chi connectivity index (χ2v) is 7.94. The Kier molecular flexibility index (Phi) is 10.0. The van der Waals surface area contributed by atoms with Crippen molar-refractivity contribution in [3.8, 4) is 0 Å². The molecule has 8 heteroatoms. The average molecular weight is 555 g/mol. The molecule has 27 heavy (non-hydrogen) atoms. The van der Waals surface area contributed by atoms with Gasteiger partial charge in [-0.2, -0.15) is 0 Å². The molecule has 152 valence electrons. The van der Waals surface area contributed by atoms with E-state index in [1.54, 1.807) is 24.1 Å². The number of halogens is 3. The largest absolute Gasteiger partial charge is 0.356 e. The Bertz CT molecular complexity index is 663. The number of nitrogens with one attached hydrogen (secondary N) is 2. The van der Waals surface area contributed by atoms with Gasteiger partial charge in [0.15, 0.2) is 5.96 Å². The molecule has 1 aliphatic rings. The van der Waals surface area contributed by atoms with Crippen molar-refractivity contribution in [2.24, 2.45) is 10.4 Å². The molecule has 0 aromatic heterocycles. The topological polar surface area (TPSA) is 56.7 Å². The van der Waals surface area contributed by atoms with E-state index in [9.17, 15) is 9.18 Å². The Morgan fingerprint density at radius 1 is 1.30 bits per heavy atom. The number of nitrogens with zero attached hydrogens (tertiary/aromatic N) is 2. The lowest BCUT2D eigenvalue weighted by Crippen LogP contribution is -2.49. The molecule has 1 aliphatic carbocycles. The van der Waals surface area contributed by atoms with Gasteiger partial charge in [0.2, 0.25) is 5.91 Å². The summed E-state index contributed by atoms with van der Waals surface area (Å²) in [6.45, 7) is 1.12. The molecule has 1 fully saturated rings. The molecular formula is C19H29BrFIN4O. The van der Waals surface area contributed by atoms with Crippen molar-refractivity contribution >= 4 is 51.8 Å². The lowest BCUT2D eigenvalue weighted by Gasteiger charge is -2.31. The van der Waals surface area contributed by atoms with Crippen LogP contribution in [-0.4, -0.2) is 51.0 Å². The Hall–Kier alpha value is -0.900. The minimum atomic E-state index is -0.350. The summed E-state index contributed by atoms with van der Waals surface area (Å²) in [5.41, 5.74) is 0.301. The molecule has 1 saturated carbocycles. The quantitative estimate of drug-likeness (QED) is 0.321. The van der Waals surface area contributed by atoms with Crippen LogP contribution in [0, 0.1) is 11.2 Å². The minimum Gasteiger partial charge on any atom is -0.356 e. The molecule has 0 heterocycles. The molecule has 1 amide bonds. The van der Waals surface area contributed by atoms with E-state index < -0.39 is 0 Å². The summed E-state index contributed by atoms with van der Waals surface area (Å²) in [5, 5.41) is 6.49. The second-order valence-electron chi connectivity index (χ2n) is 7.03. The van der Waals surface area contributed by atoms with Crippen molar-refractivity contribution in [3.63, 3.8) is 0 Å². The third-order valence-electron chi connectivity index (χ3n) is 4.93. The highest BCUT2D eigenvalue weighted by Crippen LogP contribution is 2.38. The molecule has 0 saturated heterocycles. The maximum atomic E-state index is 13.8. The molecule has 0 radical (unpaired) electrons. The first-order valence-corrected chi connectivity index (χ1v) is 9.77. The van der Waals surface area contributed by atoms with Crippen LogP contribution in [0.15, 0.2) is 27.7 Å². The standard InChI is InChI=1S/C19H28BrFN4O.HI/c1-22-18(23-11-8-14-12-15(20)6-7-16(14)21)24-13-19(9-4-5-10-19)17(26)25(2)3;/h6-7,12H,4-5,8-11,13H2,1-3H3,(H2,22,23,24);1H. The van der Waals surface area contributed by atoms with Crippen LogP contribution in [0.5, 0.6) is 0 Å². The van der Waals surface area contributed by atoms with E-state index in [4.69, 9.17) is 0 Å². The third kappa shape index (κ3) is 6.58. The van der Waals surface area contributed by atoms with Crippen molar-refractivity contribution in [2.45, 2.75) is 32.1 Å². The monoisotopic (exact) mass is 554 g/mol. The molecule has 0 aliphatic heterocycles. The maximum Gasteiger partial charge on any atom is 0.230 e.